The zero-order valence-electron chi connectivity index (χ0n) is 31.4. The second-order valence-corrected chi connectivity index (χ2v) is 20.8. The van der Waals surface area contributed by atoms with Gasteiger partial charge >= 0.3 is 16.6 Å². The Morgan fingerprint density at radius 2 is 0.571 bits per heavy atom. The van der Waals surface area contributed by atoms with Crippen molar-refractivity contribution in [1.82, 2.24) is 0 Å². The highest BCUT2D eigenvalue weighted by molar-refractivity contribution is 7.08. The highest BCUT2D eigenvalue weighted by atomic mass is 28.4. The average Bonchev–Trinajstić information content (AvgIpc) is 3.29. The van der Waals surface area contributed by atoms with Crippen LogP contribution in [-0.4, -0.2) is 16.6 Å². The van der Waals surface area contributed by atoms with Gasteiger partial charge in [0.15, 0.2) is 0 Å². The second kappa shape index (κ2) is 15.3. The first-order valence-corrected chi connectivity index (χ1v) is 23.2. The lowest BCUT2D eigenvalue weighted by Crippen LogP contribution is -2.71. The molecule has 56 heavy (non-hydrogen) atoms. The van der Waals surface area contributed by atoms with E-state index in [9.17, 15) is 0 Å². The molecule has 0 aliphatic carbocycles. The van der Waals surface area contributed by atoms with Gasteiger partial charge in [0.25, 0.3) is 0 Å². The molecule has 4 heteroatoms. The summed E-state index contributed by atoms with van der Waals surface area (Å²) in [6.45, 7) is 2.22. The molecule has 0 aliphatic heterocycles. The van der Waals surface area contributed by atoms with Crippen LogP contribution in [0.5, 0.6) is 11.5 Å². The van der Waals surface area contributed by atoms with Gasteiger partial charge in [-0.1, -0.05) is 225 Å². The first-order chi connectivity index (χ1) is 27.7. The van der Waals surface area contributed by atoms with Crippen molar-refractivity contribution in [3.8, 4) is 11.5 Å². The molecule has 0 fully saturated rings. The van der Waals surface area contributed by atoms with Gasteiger partial charge in [-0.2, -0.15) is 0 Å². The van der Waals surface area contributed by atoms with Gasteiger partial charge < -0.3 is 8.85 Å². The van der Waals surface area contributed by atoms with E-state index in [1.165, 1.54) is 36.7 Å². The molecule has 0 N–H and O–H groups in total. The van der Waals surface area contributed by atoms with Gasteiger partial charge in [0.1, 0.15) is 11.5 Å². The van der Waals surface area contributed by atoms with Crippen molar-refractivity contribution in [3.05, 3.63) is 230 Å². The predicted octanol–water partition coefficient (Wildman–Crippen LogP) is 8.65. The standard InChI is InChI=1S/C52H42O2Si2/c1-2-40-37-38-49-50(39-40)52(54-56(44-29-15-6-16-30-44,45-31-17-7-18-32-45)46-33-19-8-20-34-46)48-36-22-21-35-47(48)51(49)53-55(41-23-9-3-10-24-41,42-25-11-4-12-26-42)43-27-13-5-14-28-43/h3-39H,2H2,1H3. The minimum atomic E-state index is -3.18. The Labute approximate surface area is 331 Å². The Kier molecular flexibility index (Phi) is 9.66. The molecule has 270 valence electrons. The van der Waals surface area contributed by atoms with Crippen molar-refractivity contribution in [3.63, 3.8) is 0 Å². The highest BCUT2D eigenvalue weighted by Gasteiger charge is 2.47. The summed E-state index contributed by atoms with van der Waals surface area (Å²) < 4.78 is 16.0. The Morgan fingerprint density at radius 3 is 0.875 bits per heavy atom. The summed E-state index contributed by atoms with van der Waals surface area (Å²) in [6, 6.07) is 80.5. The predicted molar refractivity (Wildman–Crippen MR) is 240 cm³/mol. The number of aryl methyl sites for hydroxylation is 1. The van der Waals surface area contributed by atoms with Gasteiger partial charge in [-0.15, -0.1) is 0 Å². The summed E-state index contributed by atoms with van der Waals surface area (Å²) in [5, 5.41) is 11.2. The molecule has 9 rings (SSSR count). The zero-order valence-corrected chi connectivity index (χ0v) is 33.4. The Balaban J connectivity index is 1.38. The van der Waals surface area contributed by atoms with E-state index in [-0.39, 0.29) is 0 Å². The fraction of sp³-hybridized carbons (Fsp3) is 0.0385. The van der Waals surface area contributed by atoms with Crippen LogP contribution in [-0.2, 0) is 6.42 Å². The summed E-state index contributed by atoms with van der Waals surface area (Å²) in [7, 11) is -6.36. The summed E-state index contributed by atoms with van der Waals surface area (Å²) in [5.41, 5.74) is 1.24. The Bertz CT molecular complexity index is 2510. The van der Waals surface area contributed by atoms with E-state index in [0.29, 0.717) is 0 Å². The quantitative estimate of drug-likeness (QED) is 0.0749. The van der Waals surface area contributed by atoms with Gasteiger partial charge in [0, 0.05) is 21.5 Å². The lowest BCUT2D eigenvalue weighted by molar-refractivity contribution is 0.581. The van der Waals surface area contributed by atoms with Crippen LogP contribution in [0.15, 0.2) is 224 Å². The molecule has 0 saturated heterocycles. The number of fused-ring (bicyclic) bond motifs is 2. The van der Waals surface area contributed by atoms with Crippen molar-refractivity contribution in [1.29, 1.82) is 0 Å². The molecule has 9 aromatic carbocycles. The summed E-state index contributed by atoms with van der Waals surface area (Å²) in [4.78, 5) is 0. The van der Waals surface area contributed by atoms with Crippen LogP contribution in [0.4, 0.5) is 0 Å². The normalized spacial score (nSPS) is 11.7. The maximum atomic E-state index is 8.02. The van der Waals surface area contributed by atoms with Crippen molar-refractivity contribution >= 4 is 69.3 Å². The first kappa shape index (κ1) is 35.2. The van der Waals surface area contributed by atoms with Crippen molar-refractivity contribution < 1.29 is 8.85 Å². The van der Waals surface area contributed by atoms with Crippen LogP contribution in [0.1, 0.15) is 12.5 Å². The smallest absolute Gasteiger partial charge is 0.346 e. The minimum Gasteiger partial charge on any atom is -0.529 e. The molecule has 0 amide bonds. The minimum absolute atomic E-state index is 0.875. The van der Waals surface area contributed by atoms with E-state index >= 15 is 0 Å². The lowest BCUT2D eigenvalue weighted by Gasteiger charge is -2.36. The second-order valence-electron chi connectivity index (χ2n) is 14.2. The van der Waals surface area contributed by atoms with E-state index in [1.807, 2.05) is 0 Å². The maximum Gasteiger partial charge on any atom is 0.346 e. The molecule has 0 spiro atoms. The van der Waals surface area contributed by atoms with Gasteiger partial charge in [0.2, 0.25) is 0 Å². The molecule has 0 radical (unpaired) electrons. The third kappa shape index (κ3) is 6.13. The topological polar surface area (TPSA) is 18.5 Å². The van der Waals surface area contributed by atoms with Crippen LogP contribution in [0.25, 0.3) is 21.5 Å². The molecule has 0 aliphatic rings. The van der Waals surface area contributed by atoms with Crippen molar-refractivity contribution in [2.75, 3.05) is 0 Å². The molecule has 2 nitrogen and oxygen atoms in total. The van der Waals surface area contributed by atoms with Crippen LogP contribution in [0.2, 0.25) is 0 Å². The zero-order chi connectivity index (χ0) is 37.8. The summed E-state index contributed by atoms with van der Waals surface area (Å²) >= 11 is 0. The number of hydrogen-bond acceptors (Lipinski definition) is 2. The molecular formula is C52H42O2Si2. The van der Waals surface area contributed by atoms with Crippen LogP contribution in [0, 0.1) is 0 Å². The van der Waals surface area contributed by atoms with Gasteiger partial charge in [-0.05, 0) is 49.2 Å². The fourth-order valence-corrected chi connectivity index (χ4v) is 16.0. The molecule has 0 aromatic heterocycles. The van der Waals surface area contributed by atoms with Gasteiger partial charge in [-0.25, -0.2) is 0 Å². The van der Waals surface area contributed by atoms with E-state index in [2.05, 4.69) is 231 Å². The van der Waals surface area contributed by atoms with Crippen molar-refractivity contribution in [2.45, 2.75) is 13.3 Å². The van der Waals surface area contributed by atoms with Crippen molar-refractivity contribution in [2.24, 2.45) is 0 Å². The van der Waals surface area contributed by atoms with Crippen LogP contribution in [0.3, 0.4) is 0 Å². The monoisotopic (exact) mass is 754 g/mol. The van der Waals surface area contributed by atoms with Gasteiger partial charge in [0.05, 0.1) is 0 Å². The summed E-state index contributed by atoms with van der Waals surface area (Å²) in [6.07, 6.45) is 0.897. The Hall–Kier alpha value is -6.47. The molecule has 0 heterocycles. The molecular weight excluding hydrogens is 713 g/mol. The number of benzene rings is 9. The lowest BCUT2D eigenvalue weighted by atomic mass is 9.98. The molecule has 0 bridgehead atoms. The average molecular weight is 755 g/mol. The van der Waals surface area contributed by atoms with E-state index in [1.54, 1.807) is 0 Å². The SMILES string of the molecule is CCc1ccc2c(O[Si](c3ccccc3)(c3ccccc3)c3ccccc3)c3ccccc3c(O[Si](c3ccccc3)(c3ccccc3)c3ccccc3)c2c1. The van der Waals surface area contributed by atoms with Crippen LogP contribution < -0.4 is 40.0 Å². The first-order valence-electron chi connectivity index (χ1n) is 19.4. The summed E-state index contributed by atoms with van der Waals surface area (Å²) in [5.74, 6) is 1.76. The molecule has 9 aromatic rings. The highest BCUT2D eigenvalue weighted by Crippen LogP contribution is 2.45. The van der Waals surface area contributed by atoms with Crippen LogP contribution >= 0.6 is 0 Å². The van der Waals surface area contributed by atoms with E-state index in [4.69, 9.17) is 8.85 Å². The Morgan fingerprint density at radius 1 is 0.304 bits per heavy atom. The third-order valence-electron chi connectivity index (χ3n) is 11.0. The van der Waals surface area contributed by atoms with E-state index in [0.717, 1.165) is 39.5 Å². The molecule has 0 unspecified atom stereocenters. The third-order valence-corrected chi connectivity index (χ3v) is 18.9. The maximum absolute atomic E-state index is 8.02. The van der Waals surface area contributed by atoms with Gasteiger partial charge in [-0.3, -0.25) is 0 Å². The fourth-order valence-electron chi connectivity index (χ4n) is 8.28. The molecule has 0 saturated carbocycles. The van der Waals surface area contributed by atoms with E-state index < -0.39 is 16.6 Å². The number of hydrogen-bond donors (Lipinski definition) is 0. The number of rotatable bonds is 11. The molecule has 0 atom stereocenters. The largest absolute Gasteiger partial charge is 0.529 e.